The predicted octanol–water partition coefficient (Wildman–Crippen LogP) is 3.65. The molecule has 0 radical (unpaired) electrons. The third-order valence-electron chi connectivity index (χ3n) is 11.7. The number of hydrogen-bond donors (Lipinski definition) is 4. The van der Waals surface area contributed by atoms with E-state index >= 15 is 0 Å². The van der Waals surface area contributed by atoms with Crippen LogP contribution in [0, 0.1) is 11.8 Å². The molecular weight excluding hydrogens is 769 g/mol. The predicted molar refractivity (Wildman–Crippen MR) is 219 cm³/mol. The third kappa shape index (κ3) is 12.0. The van der Waals surface area contributed by atoms with Crippen molar-refractivity contribution in [1.29, 1.82) is 0 Å². The van der Waals surface area contributed by atoms with Gasteiger partial charge in [0.2, 0.25) is 29.4 Å². The minimum absolute atomic E-state index is 0.0250. The first-order chi connectivity index (χ1) is 27.4. The lowest BCUT2D eigenvalue weighted by Crippen LogP contribution is -2.58. The van der Waals surface area contributed by atoms with Gasteiger partial charge in [0.25, 0.3) is 11.8 Å². The summed E-state index contributed by atoms with van der Waals surface area (Å²) in [5, 5.41) is 11.9. The Morgan fingerprint density at radius 2 is 1.54 bits per heavy atom. The highest BCUT2D eigenvalue weighted by atomic mass is 32.2. The molecule has 4 N–H and O–H groups in total. The Kier molecular flexibility index (Phi) is 16.7. The molecule has 2 saturated carbocycles. The van der Waals surface area contributed by atoms with Crippen LogP contribution in [-0.2, 0) is 38.4 Å². The lowest BCUT2D eigenvalue weighted by atomic mass is 9.83. The van der Waals surface area contributed by atoms with E-state index in [2.05, 4.69) is 21.3 Å². The van der Waals surface area contributed by atoms with Crippen molar-refractivity contribution in [3.63, 3.8) is 0 Å². The van der Waals surface area contributed by atoms with Gasteiger partial charge in [-0.2, -0.15) is 0 Å². The van der Waals surface area contributed by atoms with Crippen LogP contribution in [0.15, 0.2) is 30.3 Å². The van der Waals surface area contributed by atoms with E-state index in [1.54, 1.807) is 58.8 Å². The summed E-state index contributed by atoms with van der Waals surface area (Å²) in [6, 6.07) is 4.61. The van der Waals surface area contributed by atoms with Gasteiger partial charge in [0.15, 0.2) is 0 Å². The Morgan fingerprint density at radius 3 is 2.19 bits per heavy atom. The summed E-state index contributed by atoms with van der Waals surface area (Å²) in [5.41, 5.74) is 0.496. The molecule has 1 aromatic rings. The van der Waals surface area contributed by atoms with Crippen LogP contribution in [0.25, 0.3) is 0 Å². The number of Topliss-reactive ketones (excluding diaryl/α,β-unsaturated/α-hetero) is 1. The standard InChI is InChI=1S/C41H60N6O8S2/c1-4-14-30(36(50)38(52)42-25-33(49)45-34(39(53)46(2)55-3)28-17-7-5-8-18-28)43-37(51)31-24-41(56-21-13-22-57-41)26-47(31)40(54)35(29-19-9-6-10-20-29)44-32(48)23-27-15-11-12-16-27/h5,7-8,17-18,27,29-31,34-35H,4,6,9-16,19-26H2,1-3H3,(H,42,52)(H,43,51)(H,44,48)(H,45,49)/t30?,31-,34?,35-/m0/s1. The van der Waals surface area contributed by atoms with Gasteiger partial charge in [-0.3, -0.25) is 38.4 Å². The molecule has 0 aromatic heterocycles. The fraction of sp³-hybridized carbons (Fsp3) is 0.683. The van der Waals surface area contributed by atoms with E-state index in [0.717, 1.165) is 80.8 Å². The highest BCUT2D eigenvalue weighted by Gasteiger charge is 2.52. The second kappa shape index (κ2) is 21.4. The summed E-state index contributed by atoms with van der Waals surface area (Å²) < 4.78 is -0.396. The Balaban J connectivity index is 1.27. The Hall–Kier alpha value is -3.63. The molecule has 5 rings (SSSR count). The lowest BCUT2D eigenvalue weighted by Gasteiger charge is -2.36. The number of benzene rings is 1. The van der Waals surface area contributed by atoms with E-state index < -0.39 is 64.2 Å². The van der Waals surface area contributed by atoms with Gasteiger partial charge in [0, 0.05) is 26.4 Å². The smallest absolute Gasteiger partial charge is 0.290 e. The third-order valence-corrected chi connectivity index (χ3v) is 15.0. The number of amides is 6. The van der Waals surface area contributed by atoms with Gasteiger partial charge in [-0.05, 0) is 67.4 Å². The molecule has 1 spiro atoms. The van der Waals surface area contributed by atoms with Gasteiger partial charge in [-0.1, -0.05) is 75.8 Å². The number of hydrogen-bond acceptors (Lipinski definition) is 10. The van der Waals surface area contributed by atoms with Crippen molar-refractivity contribution < 1.29 is 38.4 Å². The molecule has 2 saturated heterocycles. The lowest BCUT2D eigenvalue weighted by molar-refractivity contribution is -0.171. The molecule has 2 heterocycles. The molecular formula is C41H60N6O8S2. The van der Waals surface area contributed by atoms with Crippen LogP contribution in [0.2, 0.25) is 0 Å². The summed E-state index contributed by atoms with van der Waals surface area (Å²) in [4.78, 5) is 102. The number of carbonyl (C=O) groups excluding carboxylic acids is 7. The Labute approximate surface area is 344 Å². The van der Waals surface area contributed by atoms with Crippen molar-refractivity contribution >= 4 is 64.8 Å². The summed E-state index contributed by atoms with van der Waals surface area (Å²) in [6.07, 6.45) is 11.4. The zero-order valence-electron chi connectivity index (χ0n) is 33.6. The number of carbonyl (C=O) groups is 7. The zero-order chi connectivity index (χ0) is 41.0. The van der Waals surface area contributed by atoms with Gasteiger partial charge in [-0.25, -0.2) is 5.06 Å². The highest BCUT2D eigenvalue weighted by Crippen LogP contribution is 2.50. The minimum Gasteiger partial charge on any atom is -0.344 e. The molecule has 4 fully saturated rings. The van der Waals surface area contributed by atoms with E-state index in [1.807, 2.05) is 6.92 Å². The van der Waals surface area contributed by atoms with Gasteiger partial charge in [0.1, 0.15) is 18.1 Å². The van der Waals surface area contributed by atoms with Crippen molar-refractivity contribution in [2.75, 3.05) is 38.8 Å². The van der Waals surface area contributed by atoms with Crippen molar-refractivity contribution in [1.82, 2.24) is 31.2 Å². The Morgan fingerprint density at radius 1 is 0.877 bits per heavy atom. The number of hydroxylamine groups is 2. The maximum absolute atomic E-state index is 14.7. The highest BCUT2D eigenvalue weighted by molar-refractivity contribution is 8.18. The quantitative estimate of drug-likeness (QED) is 0.134. The molecule has 314 valence electrons. The number of rotatable bonds is 17. The van der Waals surface area contributed by atoms with Crippen LogP contribution < -0.4 is 21.3 Å². The fourth-order valence-corrected chi connectivity index (χ4v) is 11.9. The van der Waals surface area contributed by atoms with Crippen LogP contribution >= 0.6 is 23.5 Å². The van der Waals surface area contributed by atoms with E-state index in [1.165, 1.54) is 14.2 Å². The maximum atomic E-state index is 14.7. The molecule has 2 unspecified atom stereocenters. The van der Waals surface area contributed by atoms with Crippen LogP contribution in [0.4, 0.5) is 0 Å². The topological polar surface area (TPSA) is 183 Å². The summed E-state index contributed by atoms with van der Waals surface area (Å²) >= 11 is 3.51. The molecule has 4 atom stereocenters. The van der Waals surface area contributed by atoms with E-state index in [0.29, 0.717) is 37.3 Å². The fourth-order valence-electron chi connectivity index (χ4n) is 8.52. The molecule has 1 aromatic carbocycles. The maximum Gasteiger partial charge on any atom is 0.290 e. The number of likely N-dealkylation sites (tertiary alicyclic amines) is 1. The molecule has 0 bridgehead atoms. The van der Waals surface area contributed by atoms with Crippen LogP contribution in [0.1, 0.15) is 108 Å². The average molecular weight is 829 g/mol. The van der Waals surface area contributed by atoms with E-state index in [9.17, 15) is 33.6 Å². The van der Waals surface area contributed by atoms with Crippen LogP contribution in [0.5, 0.6) is 0 Å². The summed E-state index contributed by atoms with van der Waals surface area (Å²) in [5.74, 6) is -2.01. The van der Waals surface area contributed by atoms with Crippen molar-refractivity contribution in [2.24, 2.45) is 11.8 Å². The van der Waals surface area contributed by atoms with Crippen LogP contribution in [-0.4, -0.2) is 112 Å². The SMILES string of the molecule is CCCC(NC(=O)[C@@H]1CC2(CN1C(=O)[C@@H](NC(=O)CC1CCCC1)C1CCCCC1)SCCCS2)C(=O)C(=O)NCC(=O)NC(C(=O)N(C)OC)c1ccccc1. The zero-order valence-corrected chi connectivity index (χ0v) is 35.2. The van der Waals surface area contributed by atoms with Crippen molar-refractivity contribution in [3.8, 4) is 0 Å². The summed E-state index contributed by atoms with van der Waals surface area (Å²) in [7, 11) is 2.73. The summed E-state index contributed by atoms with van der Waals surface area (Å²) in [6.45, 7) is 1.57. The normalized spacial score (nSPS) is 21.2. The largest absolute Gasteiger partial charge is 0.344 e. The molecule has 2 aliphatic carbocycles. The number of nitrogens with zero attached hydrogens (tertiary/aromatic N) is 2. The monoisotopic (exact) mass is 828 g/mol. The number of likely N-dealkylation sites (N-methyl/N-ethyl adjacent to an activating group) is 1. The number of thioether (sulfide) groups is 2. The molecule has 14 nitrogen and oxygen atoms in total. The average Bonchev–Trinajstić information content (AvgIpc) is 3.88. The first kappa shape index (κ1) is 44.5. The van der Waals surface area contributed by atoms with E-state index in [4.69, 9.17) is 4.84 Å². The van der Waals surface area contributed by atoms with Crippen molar-refractivity contribution in [2.45, 2.75) is 125 Å². The van der Waals surface area contributed by atoms with Crippen molar-refractivity contribution in [3.05, 3.63) is 35.9 Å². The minimum atomic E-state index is -1.19. The number of ketones is 1. The van der Waals surface area contributed by atoms with Gasteiger partial charge < -0.3 is 26.2 Å². The molecule has 57 heavy (non-hydrogen) atoms. The Bertz CT molecular complexity index is 1580. The molecule has 4 aliphatic rings. The molecule has 6 amide bonds. The molecule has 2 aliphatic heterocycles. The van der Waals surface area contributed by atoms with Crippen LogP contribution in [0.3, 0.4) is 0 Å². The second-order valence-electron chi connectivity index (χ2n) is 15.8. The molecule has 16 heteroatoms. The first-order valence-electron chi connectivity index (χ1n) is 20.6. The van der Waals surface area contributed by atoms with E-state index in [-0.39, 0.29) is 24.2 Å². The van der Waals surface area contributed by atoms with Gasteiger partial charge in [-0.15, -0.1) is 23.5 Å². The second-order valence-corrected chi connectivity index (χ2v) is 19.0. The number of nitrogens with one attached hydrogen (secondary N) is 4. The van der Waals surface area contributed by atoms with Gasteiger partial charge in [0.05, 0.1) is 23.8 Å². The van der Waals surface area contributed by atoms with Gasteiger partial charge >= 0.3 is 0 Å². The first-order valence-corrected chi connectivity index (χ1v) is 22.6.